The number of aromatic hydroxyl groups is 1. The van der Waals surface area contributed by atoms with Crippen molar-refractivity contribution in [1.82, 2.24) is 20.3 Å². The minimum atomic E-state index is -0.601. The molecule has 2 heterocycles. The van der Waals surface area contributed by atoms with Gasteiger partial charge < -0.3 is 25.6 Å². The lowest BCUT2D eigenvalue weighted by Gasteiger charge is -2.10. The van der Waals surface area contributed by atoms with Gasteiger partial charge in [0.25, 0.3) is 17.7 Å². The summed E-state index contributed by atoms with van der Waals surface area (Å²) in [6.07, 6.45) is 0. The zero-order valence-corrected chi connectivity index (χ0v) is 15.8. The number of H-pyrrole nitrogens is 1. The van der Waals surface area contributed by atoms with E-state index in [-0.39, 0.29) is 17.3 Å². The highest BCUT2D eigenvalue weighted by Crippen LogP contribution is 2.32. The molecule has 0 saturated carbocycles. The van der Waals surface area contributed by atoms with Gasteiger partial charge >= 0.3 is 0 Å². The molecule has 0 aliphatic rings. The fraction of sp³-hybridized carbons (Fsp3) is 0.158. The summed E-state index contributed by atoms with van der Waals surface area (Å²) in [5.74, 6) is 0.104. The molecule has 0 aliphatic carbocycles. The van der Waals surface area contributed by atoms with E-state index < -0.39 is 5.91 Å². The summed E-state index contributed by atoms with van der Waals surface area (Å²) in [5.41, 5.74) is 8.09. The number of rotatable bonds is 6. The first kappa shape index (κ1) is 18.3. The summed E-state index contributed by atoms with van der Waals surface area (Å²) in [6, 6.07) is 10.7. The number of para-hydroxylation sites is 1. The van der Waals surface area contributed by atoms with Crippen molar-refractivity contribution in [3.05, 3.63) is 47.7 Å². The van der Waals surface area contributed by atoms with Crippen molar-refractivity contribution >= 4 is 28.4 Å². The number of fused-ring (bicyclic) bond motifs is 1. The van der Waals surface area contributed by atoms with Gasteiger partial charge in [-0.15, -0.1) is 0 Å². The molecule has 2 aromatic carbocycles. The molecule has 1 amide bonds. The number of primary amides is 1. The van der Waals surface area contributed by atoms with Gasteiger partial charge in [-0.1, -0.05) is 12.1 Å². The van der Waals surface area contributed by atoms with E-state index in [9.17, 15) is 9.90 Å². The Bertz CT molecular complexity index is 1200. The van der Waals surface area contributed by atoms with Gasteiger partial charge in [0.1, 0.15) is 5.75 Å². The first-order valence-corrected chi connectivity index (χ1v) is 8.78. The van der Waals surface area contributed by atoms with Gasteiger partial charge in [0.05, 0.1) is 11.1 Å². The summed E-state index contributed by atoms with van der Waals surface area (Å²) >= 11 is 0. The first-order valence-electron chi connectivity index (χ1n) is 8.78. The standard InChI is InChI=1S/C19H19N7O3/c1-26(2)19-22-18(29-25-19)12-5-3-4-10(16(12)27)9-21-11-6-7-14-13(8-11)15(17(20)28)24-23-14/h3-8,21,27H,9H2,1-2H3,(H2,20,28)(H,23,24). The summed E-state index contributed by atoms with van der Waals surface area (Å²) in [7, 11) is 3.60. The van der Waals surface area contributed by atoms with Crippen molar-refractivity contribution in [3.8, 4) is 17.2 Å². The van der Waals surface area contributed by atoms with Crippen LogP contribution >= 0.6 is 0 Å². The van der Waals surface area contributed by atoms with E-state index in [0.717, 1.165) is 5.69 Å². The molecule has 0 aliphatic heterocycles. The van der Waals surface area contributed by atoms with Gasteiger partial charge in [0, 0.05) is 37.3 Å². The van der Waals surface area contributed by atoms with Gasteiger partial charge in [0.15, 0.2) is 5.69 Å². The SMILES string of the molecule is CN(C)c1noc(-c2cccc(CNc3ccc4[nH]nc(C(N)=O)c4c3)c2O)n1. The Labute approximate surface area is 165 Å². The number of phenols is 1. The molecular weight excluding hydrogens is 374 g/mol. The van der Waals surface area contributed by atoms with Crippen molar-refractivity contribution in [3.63, 3.8) is 0 Å². The van der Waals surface area contributed by atoms with Crippen LogP contribution in [0.5, 0.6) is 5.75 Å². The second kappa shape index (κ2) is 7.15. The van der Waals surface area contributed by atoms with Gasteiger partial charge in [-0.3, -0.25) is 9.89 Å². The maximum atomic E-state index is 11.5. The molecule has 5 N–H and O–H groups in total. The van der Waals surface area contributed by atoms with Crippen LogP contribution in [0.3, 0.4) is 0 Å². The molecular formula is C19H19N7O3. The Balaban J connectivity index is 1.58. The van der Waals surface area contributed by atoms with Crippen LogP contribution in [0.15, 0.2) is 40.9 Å². The van der Waals surface area contributed by atoms with Gasteiger partial charge in [-0.25, -0.2) is 0 Å². The molecule has 0 bridgehead atoms. The number of anilines is 2. The van der Waals surface area contributed by atoms with Crippen LogP contribution in [-0.4, -0.2) is 45.4 Å². The molecule has 4 aromatic rings. The third-order valence-corrected chi connectivity index (χ3v) is 4.44. The van der Waals surface area contributed by atoms with Crippen molar-refractivity contribution in [2.24, 2.45) is 5.73 Å². The maximum absolute atomic E-state index is 11.5. The molecule has 29 heavy (non-hydrogen) atoms. The molecule has 0 unspecified atom stereocenters. The van der Waals surface area contributed by atoms with E-state index in [1.54, 1.807) is 49.3 Å². The highest BCUT2D eigenvalue weighted by atomic mass is 16.5. The lowest BCUT2D eigenvalue weighted by atomic mass is 10.1. The number of aromatic amines is 1. The average Bonchev–Trinajstić information content (AvgIpc) is 3.34. The van der Waals surface area contributed by atoms with E-state index in [1.807, 2.05) is 6.07 Å². The molecule has 10 nitrogen and oxygen atoms in total. The molecule has 10 heteroatoms. The number of nitrogens with zero attached hydrogens (tertiary/aromatic N) is 4. The van der Waals surface area contributed by atoms with E-state index in [0.29, 0.717) is 34.5 Å². The monoisotopic (exact) mass is 393 g/mol. The van der Waals surface area contributed by atoms with Gasteiger partial charge in [0.2, 0.25) is 0 Å². The van der Waals surface area contributed by atoms with Crippen LogP contribution in [-0.2, 0) is 6.54 Å². The topological polar surface area (TPSA) is 146 Å². The predicted molar refractivity (Wildman–Crippen MR) is 108 cm³/mol. The fourth-order valence-electron chi connectivity index (χ4n) is 2.92. The molecule has 148 valence electrons. The number of nitrogens with two attached hydrogens (primary N) is 1. The summed E-state index contributed by atoms with van der Waals surface area (Å²) in [5, 5.41) is 25.1. The molecule has 0 radical (unpaired) electrons. The molecule has 0 spiro atoms. The van der Waals surface area contributed by atoms with Gasteiger partial charge in [-0.05, 0) is 29.4 Å². The van der Waals surface area contributed by atoms with Crippen molar-refractivity contribution < 1.29 is 14.4 Å². The van der Waals surface area contributed by atoms with Crippen molar-refractivity contribution in [2.45, 2.75) is 6.54 Å². The number of hydrogen-bond acceptors (Lipinski definition) is 8. The highest BCUT2D eigenvalue weighted by Gasteiger charge is 2.16. The van der Waals surface area contributed by atoms with Crippen LogP contribution < -0.4 is 16.0 Å². The van der Waals surface area contributed by atoms with Crippen molar-refractivity contribution in [2.75, 3.05) is 24.3 Å². The number of carbonyl (C=O) groups excluding carboxylic acids is 1. The number of nitrogens with one attached hydrogen (secondary N) is 2. The number of phenolic OH excluding ortho intramolecular Hbond substituents is 1. The largest absolute Gasteiger partial charge is 0.507 e. The normalized spacial score (nSPS) is 11.0. The van der Waals surface area contributed by atoms with Crippen LogP contribution in [0.4, 0.5) is 11.6 Å². The summed E-state index contributed by atoms with van der Waals surface area (Å²) < 4.78 is 5.25. The zero-order chi connectivity index (χ0) is 20.5. The number of hydrogen-bond donors (Lipinski definition) is 4. The minimum absolute atomic E-state index is 0.0520. The van der Waals surface area contributed by atoms with Crippen molar-refractivity contribution in [1.29, 1.82) is 0 Å². The number of carbonyl (C=O) groups is 1. The maximum Gasteiger partial charge on any atom is 0.269 e. The molecule has 2 aromatic heterocycles. The quantitative estimate of drug-likeness (QED) is 0.389. The average molecular weight is 393 g/mol. The molecule has 0 atom stereocenters. The van der Waals surface area contributed by atoms with Gasteiger partial charge in [-0.2, -0.15) is 10.1 Å². The smallest absolute Gasteiger partial charge is 0.269 e. The Kier molecular flexibility index (Phi) is 4.51. The fourth-order valence-corrected chi connectivity index (χ4v) is 2.92. The highest BCUT2D eigenvalue weighted by molar-refractivity contribution is 6.04. The van der Waals surface area contributed by atoms with E-state index in [4.69, 9.17) is 10.3 Å². The second-order valence-electron chi connectivity index (χ2n) is 6.66. The number of benzene rings is 2. The van der Waals surface area contributed by atoms with E-state index in [2.05, 4.69) is 25.7 Å². The minimum Gasteiger partial charge on any atom is -0.507 e. The van der Waals surface area contributed by atoms with Crippen LogP contribution in [0.25, 0.3) is 22.4 Å². The Morgan fingerprint density at radius 3 is 2.86 bits per heavy atom. The van der Waals surface area contributed by atoms with Crippen LogP contribution in [0.1, 0.15) is 16.1 Å². The Morgan fingerprint density at radius 2 is 2.14 bits per heavy atom. The molecule has 0 fully saturated rings. The number of amides is 1. The Hall–Kier alpha value is -4.08. The lowest BCUT2D eigenvalue weighted by Crippen LogP contribution is -2.11. The van der Waals surface area contributed by atoms with E-state index >= 15 is 0 Å². The third kappa shape index (κ3) is 3.43. The molecule has 4 rings (SSSR count). The zero-order valence-electron chi connectivity index (χ0n) is 15.8. The lowest BCUT2D eigenvalue weighted by molar-refractivity contribution is 0.0997. The second-order valence-corrected chi connectivity index (χ2v) is 6.66. The van der Waals surface area contributed by atoms with Crippen LogP contribution in [0, 0.1) is 0 Å². The summed E-state index contributed by atoms with van der Waals surface area (Å²) in [6.45, 7) is 0.337. The summed E-state index contributed by atoms with van der Waals surface area (Å²) in [4.78, 5) is 17.5. The third-order valence-electron chi connectivity index (χ3n) is 4.44. The van der Waals surface area contributed by atoms with E-state index in [1.165, 1.54) is 0 Å². The van der Waals surface area contributed by atoms with Crippen LogP contribution in [0.2, 0.25) is 0 Å². The predicted octanol–water partition coefficient (Wildman–Crippen LogP) is 2.10. The Morgan fingerprint density at radius 1 is 1.31 bits per heavy atom. The number of aromatic nitrogens is 4. The molecule has 0 saturated heterocycles. The first-order chi connectivity index (χ1) is 13.9.